The molecule has 0 aliphatic rings. The van der Waals surface area contributed by atoms with Crippen LogP contribution in [0.15, 0.2) is 47.4 Å². The number of benzene rings is 2. The SMILES string of the molecule is Cc1cc([N+](=O)[O-])cc(S(=O)(=O)NC(C(N)=O)c2ccccc2)c1C. The Hall–Kier alpha value is -2.78. The molecule has 25 heavy (non-hydrogen) atoms. The lowest BCUT2D eigenvalue weighted by molar-refractivity contribution is -0.385. The number of primary amides is 1. The predicted octanol–water partition coefficient (Wildman–Crippen LogP) is 1.72. The topological polar surface area (TPSA) is 132 Å². The fraction of sp³-hybridized carbons (Fsp3) is 0.188. The molecule has 0 heterocycles. The van der Waals surface area contributed by atoms with Gasteiger partial charge in [0, 0.05) is 12.1 Å². The molecule has 1 amide bonds. The van der Waals surface area contributed by atoms with Crippen LogP contribution in [-0.4, -0.2) is 19.2 Å². The smallest absolute Gasteiger partial charge is 0.271 e. The van der Waals surface area contributed by atoms with Crippen LogP contribution in [0.4, 0.5) is 5.69 Å². The highest BCUT2D eigenvalue weighted by atomic mass is 32.2. The monoisotopic (exact) mass is 363 g/mol. The fourth-order valence-corrected chi connectivity index (χ4v) is 3.88. The van der Waals surface area contributed by atoms with Crippen LogP contribution in [0.5, 0.6) is 0 Å². The highest BCUT2D eigenvalue weighted by molar-refractivity contribution is 7.89. The number of nitro groups is 1. The van der Waals surface area contributed by atoms with Gasteiger partial charge in [0.1, 0.15) is 6.04 Å². The van der Waals surface area contributed by atoms with Crippen molar-refractivity contribution in [2.75, 3.05) is 0 Å². The second kappa shape index (κ2) is 6.99. The van der Waals surface area contributed by atoms with E-state index in [2.05, 4.69) is 4.72 Å². The van der Waals surface area contributed by atoms with Crippen LogP contribution < -0.4 is 10.5 Å². The highest BCUT2D eigenvalue weighted by Gasteiger charge is 2.28. The number of nitrogens with zero attached hydrogens (tertiary/aromatic N) is 1. The summed E-state index contributed by atoms with van der Waals surface area (Å²) < 4.78 is 27.7. The van der Waals surface area contributed by atoms with Crippen LogP contribution in [0.3, 0.4) is 0 Å². The van der Waals surface area contributed by atoms with Gasteiger partial charge in [-0.25, -0.2) is 8.42 Å². The predicted molar refractivity (Wildman–Crippen MR) is 91.3 cm³/mol. The molecule has 0 aliphatic carbocycles. The number of rotatable bonds is 6. The van der Waals surface area contributed by atoms with Crippen molar-refractivity contribution in [2.45, 2.75) is 24.8 Å². The normalized spacial score (nSPS) is 12.6. The van der Waals surface area contributed by atoms with Crippen molar-refractivity contribution in [1.29, 1.82) is 0 Å². The first kappa shape index (κ1) is 18.6. The summed E-state index contributed by atoms with van der Waals surface area (Å²) in [6.45, 7) is 3.11. The maximum atomic E-state index is 12.7. The molecule has 132 valence electrons. The van der Waals surface area contributed by atoms with Gasteiger partial charge in [-0.1, -0.05) is 30.3 Å². The third-order valence-electron chi connectivity index (χ3n) is 3.80. The van der Waals surface area contributed by atoms with Crippen molar-refractivity contribution in [3.05, 3.63) is 69.3 Å². The number of nitrogens with one attached hydrogen (secondary N) is 1. The Bertz CT molecular complexity index is 926. The van der Waals surface area contributed by atoms with Gasteiger partial charge in [0.25, 0.3) is 5.69 Å². The largest absolute Gasteiger partial charge is 0.368 e. The summed E-state index contributed by atoms with van der Waals surface area (Å²) in [6, 6.07) is 9.08. The van der Waals surface area contributed by atoms with Crippen molar-refractivity contribution >= 4 is 21.6 Å². The minimum Gasteiger partial charge on any atom is -0.368 e. The second-order valence-corrected chi connectivity index (χ2v) is 7.19. The van der Waals surface area contributed by atoms with E-state index in [4.69, 9.17) is 5.73 Å². The van der Waals surface area contributed by atoms with Crippen molar-refractivity contribution in [3.63, 3.8) is 0 Å². The van der Waals surface area contributed by atoms with Crippen LogP contribution in [-0.2, 0) is 14.8 Å². The Labute approximate surface area is 144 Å². The van der Waals surface area contributed by atoms with Gasteiger partial charge in [0.05, 0.1) is 9.82 Å². The molecule has 2 rings (SSSR count). The third kappa shape index (κ3) is 4.01. The zero-order chi connectivity index (χ0) is 18.8. The van der Waals surface area contributed by atoms with Gasteiger partial charge in [-0.05, 0) is 30.5 Å². The molecular formula is C16H17N3O5S. The quantitative estimate of drug-likeness (QED) is 0.595. The Kier molecular flexibility index (Phi) is 5.19. The number of carbonyl (C=O) groups is 1. The Balaban J connectivity index is 2.51. The lowest BCUT2D eigenvalue weighted by atomic mass is 10.1. The molecule has 0 radical (unpaired) electrons. The fourth-order valence-electron chi connectivity index (χ4n) is 2.35. The van der Waals surface area contributed by atoms with Gasteiger partial charge < -0.3 is 5.73 Å². The zero-order valence-corrected chi connectivity index (χ0v) is 14.4. The summed E-state index contributed by atoms with van der Waals surface area (Å²) in [7, 11) is -4.22. The summed E-state index contributed by atoms with van der Waals surface area (Å²) in [5.74, 6) is -0.880. The average molecular weight is 363 g/mol. The van der Waals surface area contributed by atoms with Crippen molar-refractivity contribution in [1.82, 2.24) is 4.72 Å². The Morgan fingerprint density at radius 2 is 1.80 bits per heavy atom. The first-order valence-corrected chi connectivity index (χ1v) is 8.74. The number of nitro benzene ring substituents is 1. The molecule has 0 fully saturated rings. The van der Waals surface area contributed by atoms with Crippen LogP contribution >= 0.6 is 0 Å². The number of sulfonamides is 1. The van der Waals surface area contributed by atoms with Crippen LogP contribution in [0.2, 0.25) is 0 Å². The van der Waals surface area contributed by atoms with E-state index in [1.54, 1.807) is 37.3 Å². The molecule has 0 spiro atoms. The third-order valence-corrected chi connectivity index (χ3v) is 5.34. The van der Waals surface area contributed by atoms with Gasteiger partial charge >= 0.3 is 0 Å². The van der Waals surface area contributed by atoms with Crippen LogP contribution in [0.25, 0.3) is 0 Å². The van der Waals surface area contributed by atoms with E-state index in [1.165, 1.54) is 13.0 Å². The number of aryl methyl sites for hydroxylation is 1. The molecule has 2 aromatic carbocycles. The van der Waals surface area contributed by atoms with Gasteiger partial charge in [-0.2, -0.15) is 4.72 Å². The zero-order valence-electron chi connectivity index (χ0n) is 13.6. The standard InChI is InChI=1S/C16H17N3O5S/c1-10-8-13(19(21)22)9-14(11(10)2)25(23,24)18-15(16(17)20)12-6-4-3-5-7-12/h3-9,15,18H,1-2H3,(H2,17,20). The lowest BCUT2D eigenvalue weighted by Gasteiger charge is -2.17. The van der Waals surface area contributed by atoms with E-state index < -0.39 is 26.9 Å². The molecule has 0 saturated heterocycles. The summed E-state index contributed by atoms with van der Waals surface area (Å²) in [5.41, 5.74) is 6.16. The molecule has 0 aromatic heterocycles. The molecule has 0 saturated carbocycles. The summed E-state index contributed by atoms with van der Waals surface area (Å²) >= 11 is 0. The number of hydrogen-bond acceptors (Lipinski definition) is 5. The number of non-ortho nitro benzene ring substituents is 1. The summed E-state index contributed by atoms with van der Waals surface area (Å²) in [6.07, 6.45) is 0. The molecule has 8 nitrogen and oxygen atoms in total. The number of amides is 1. The minimum atomic E-state index is -4.22. The number of carbonyl (C=O) groups excluding carboxylic acids is 1. The van der Waals surface area contributed by atoms with E-state index in [-0.39, 0.29) is 10.6 Å². The molecule has 1 atom stereocenters. The van der Waals surface area contributed by atoms with E-state index in [0.717, 1.165) is 6.07 Å². The van der Waals surface area contributed by atoms with Crippen molar-refractivity contribution < 1.29 is 18.1 Å². The first-order valence-electron chi connectivity index (χ1n) is 7.25. The van der Waals surface area contributed by atoms with E-state index in [9.17, 15) is 23.3 Å². The lowest BCUT2D eigenvalue weighted by Crippen LogP contribution is -2.37. The molecule has 3 N–H and O–H groups in total. The number of nitrogens with two attached hydrogens (primary N) is 1. The van der Waals surface area contributed by atoms with Gasteiger partial charge in [-0.15, -0.1) is 0 Å². The van der Waals surface area contributed by atoms with Crippen LogP contribution in [0.1, 0.15) is 22.7 Å². The van der Waals surface area contributed by atoms with E-state index in [1.807, 2.05) is 0 Å². The van der Waals surface area contributed by atoms with E-state index in [0.29, 0.717) is 16.7 Å². The van der Waals surface area contributed by atoms with Gasteiger partial charge in [0.15, 0.2) is 0 Å². The second-order valence-electron chi connectivity index (χ2n) is 5.51. The van der Waals surface area contributed by atoms with Crippen molar-refractivity contribution in [2.24, 2.45) is 5.73 Å². The Morgan fingerprint density at radius 1 is 1.20 bits per heavy atom. The summed E-state index contributed by atoms with van der Waals surface area (Å²) in [4.78, 5) is 21.8. The summed E-state index contributed by atoms with van der Waals surface area (Å²) in [5, 5.41) is 11.0. The minimum absolute atomic E-state index is 0.263. The number of hydrogen-bond donors (Lipinski definition) is 2. The molecular weight excluding hydrogens is 346 g/mol. The van der Waals surface area contributed by atoms with Crippen molar-refractivity contribution in [3.8, 4) is 0 Å². The molecule has 0 aliphatic heterocycles. The molecule has 0 bridgehead atoms. The van der Waals surface area contributed by atoms with Gasteiger partial charge in [-0.3, -0.25) is 14.9 Å². The van der Waals surface area contributed by atoms with Gasteiger partial charge in [0.2, 0.25) is 15.9 Å². The average Bonchev–Trinajstić information content (AvgIpc) is 2.55. The maximum Gasteiger partial charge on any atom is 0.271 e. The first-order chi connectivity index (χ1) is 11.6. The van der Waals surface area contributed by atoms with Crippen LogP contribution in [0, 0.1) is 24.0 Å². The Morgan fingerprint density at radius 3 is 2.32 bits per heavy atom. The molecule has 2 aromatic rings. The maximum absolute atomic E-state index is 12.7. The molecule has 1 unspecified atom stereocenters. The highest BCUT2D eigenvalue weighted by Crippen LogP contribution is 2.26. The van der Waals surface area contributed by atoms with E-state index >= 15 is 0 Å². The molecule has 9 heteroatoms.